The number of ether oxygens (including phenoxy) is 1. The molecule has 2 rings (SSSR count). The molecule has 1 aliphatic rings. The van der Waals surface area contributed by atoms with Crippen LogP contribution in [0.5, 0.6) is 0 Å². The molecule has 1 aromatic rings. The van der Waals surface area contributed by atoms with E-state index in [1.54, 1.807) is 17.0 Å². The molecule has 1 amide bonds. The van der Waals surface area contributed by atoms with Gasteiger partial charge in [0.1, 0.15) is 11.4 Å². The summed E-state index contributed by atoms with van der Waals surface area (Å²) in [6.45, 7) is 9.23. The molecule has 1 aromatic carbocycles. The first-order valence-electron chi connectivity index (χ1n) is 8.01. The Hall–Kier alpha value is -1.98. The van der Waals surface area contributed by atoms with Gasteiger partial charge in [-0.3, -0.25) is 0 Å². The summed E-state index contributed by atoms with van der Waals surface area (Å²) in [4.78, 5) is 16.0. The number of nitrogens with two attached hydrogens (primary N) is 1. The number of hydrogen-bond donors (Lipinski definition) is 1. The molecule has 0 radical (unpaired) electrons. The number of nitrogen functional groups attached to an aromatic ring is 1. The van der Waals surface area contributed by atoms with Crippen LogP contribution in [0.2, 0.25) is 0 Å². The first kappa shape index (κ1) is 17.4. The largest absolute Gasteiger partial charge is 0.444 e. The van der Waals surface area contributed by atoms with Crippen molar-refractivity contribution < 1.29 is 13.9 Å². The van der Waals surface area contributed by atoms with E-state index >= 15 is 0 Å². The number of piperazine rings is 1. The number of hydrogen-bond acceptors (Lipinski definition) is 4. The highest BCUT2D eigenvalue weighted by molar-refractivity contribution is 5.69. The zero-order valence-corrected chi connectivity index (χ0v) is 14.3. The molecule has 1 fully saturated rings. The fourth-order valence-corrected chi connectivity index (χ4v) is 2.76. The third-order valence-corrected chi connectivity index (χ3v) is 3.89. The molecule has 1 saturated heterocycles. The number of halogens is 1. The summed E-state index contributed by atoms with van der Waals surface area (Å²) < 4.78 is 19.6. The van der Waals surface area contributed by atoms with Crippen molar-refractivity contribution in [3.05, 3.63) is 24.0 Å². The Balaban J connectivity index is 2.11. The maximum absolute atomic E-state index is 14.1. The Morgan fingerprint density at radius 1 is 1.39 bits per heavy atom. The number of carbonyl (C=O) groups is 1. The molecular formula is C17H26FN3O2. The highest BCUT2D eigenvalue weighted by Crippen LogP contribution is 2.26. The minimum atomic E-state index is -0.518. The van der Waals surface area contributed by atoms with Gasteiger partial charge in [0.2, 0.25) is 0 Å². The fraction of sp³-hybridized carbons (Fsp3) is 0.588. The molecule has 1 atom stereocenters. The lowest BCUT2D eigenvalue weighted by Gasteiger charge is -2.42. The summed E-state index contributed by atoms with van der Waals surface area (Å²) in [6.07, 6.45) is 0.480. The molecule has 0 aromatic heterocycles. The van der Waals surface area contributed by atoms with E-state index in [1.165, 1.54) is 6.07 Å². The van der Waals surface area contributed by atoms with E-state index < -0.39 is 5.60 Å². The number of benzene rings is 1. The van der Waals surface area contributed by atoms with Gasteiger partial charge in [-0.2, -0.15) is 0 Å². The normalized spacial score (nSPS) is 18.9. The van der Waals surface area contributed by atoms with Crippen molar-refractivity contribution in [1.82, 2.24) is 4.90 Å². The van der Waals surface area contributed by atoms with Crippen molar-refractivity contribution in [3.63, 3.8) is 0 Å². The second-order valence-corrected chi connectivity index (χ2v) is 6.89. The second kappa shape index (κ2) is 6.64. The van der Waals surface area contributed by atoms with Gasteiger partial charge in [0.15, 0.2) is 0 Å². The van der Waals surface area contributed by atoms with Crippen LogP contribution in [0.3, 0.4) is 0 Å². The summed E-state index contributed by atoms with van der Waals surface area (Å²) in [5, 5.41) is 0. The van der Waals surface area contributed by atoms with Gasteiger partial charge < -0.3 is 20.3 Å². The standard InChI is InChI=1S/C17H26FN3O2/c1-5-13-11-20(15-7-6-12(19)10-14(15)18)8-9-21(13)16(22)23-17(2,3)4/h6-7,10,13H,5,8-9,11,19H2,1-4H3. The summed E-state index contributed by atoms with van der Waals surface area (Å²) in [7, 11) is 0. The van der Waals surface area contributed by atoms with Crippen molar-refractivity contribution in [2.45, 2.75) is 45.8 Å². The van der Waals surface area contributed by atoms with Crippen LogP contribution in [0.4, 0.5) is 20.6 Å². The summed E-state index contributed by atoms with van der Waals surface area (Å²) >= 11 is 0. The van der Waals surface area contributed by atoms with E-state index in [-0.39, 0.29) is 18.0 Å². The number of carbonyl (C=O) groups excluding carboxylic acids is 1. The van der Waals surface area contributed by atoms with E-state index in [4.69, 9.17) is 10.5 Å². The zero-order valence-electron chi connectivity index (χ0n) is 14.3. The molecule has 1 aliphatic heterocycles. The van der Waals surface area contributed by atoms with Gasteiger partial charge in [-0.15, -0.1) is 0 Å². The van der Waals surface area contributed by atoms with E-state index in [0.717, 1.165) is 6.42 Å². The SMILES string of the molecule is CCC1CN(c2ccc(N)cc2F)CCN1C(=O)OC(C)(C)C. The van der Waals surface area contributed by atoms with Crippen LogP contribution in [0.15, 0.2) is 18.2 Å². The molecular weight excluding hydrogens is 297 g/mol. The molecule has 0 saturated carbocycles. The maximum atomic E-state index is 14.1. The number of rotatable bonds is 2. The number of amides is 1. The van der Waals surface area contributed by atoms with E-state index in [1.807, 2.05) is 32.6 Å². The molecule has 0 aliphatic carbocycles. The quantitative estimate of drug-likeness (QED) is 0.849. The minimum absolute atomic E-state index is 0.00412. The van der Waals surface area contributed by atoms with Crippen LogP contribution in [0.25, 0.3) is 0 Å². The first-order valence-corrected chi connectivity index (χ1v) is 8.01. The summed E-state index contributed by atoms with van der Waals surface area (Å²) in [5.74, 6) is -0.328. The van der Waals surface area contributed by atoms with Gasteiger partial charge in [-0.25, -0.2) is 9.18 Å². The van der Waals surface area contributed by atoms with Crippen LogP contribution in [0, 0.1) is 5.82 Å². The van der Waals surface area contributed by atoms with Crippen molar-refractivity contribution in [2.24, 2.45) is 0 Å². The zero-order chi connectivity index (χ0) is 17.2. The Kier molecular flexibility index (Phi) is 5.02. The van der Waals surface area contributed by atoms with Crippen molar-refractivity contribution in [3.8, 4) is 0 Å². The topological polar surface area (TPSA) is 58.8 Å². The van der Waals surface area contributed by atoms with Crippen molar-refractivity contribution >= 4 is 17.5 Å². The predicted octanol–water partition coefficient (Wildman–Crippen LogP) is 3.24. The minimum Gasteiger partial charge on any atom is -0.444 e. The van der Waals surface area contributed by atoms with E-state index in [9.17, 15) is 9.18 Å². The van der Waals surface area contributed by atoms with Gasteiger partial charge in [0.25, 0.3) is 0 Å². The molecule has 5 nitrogen and oxygen atoms in total. The molecule has 0 bridgehead atoms. The highest BCUT2D eigenvalue weighted by Gasteiger charge is 2.33. The monoisotopic (exact) mass is 323 g/mol. The van der Waals surface area contributed by atoms with Gasteiger partial charge in [-0.1, -0.05) is 6.92 Å². The Morgan fingerprint density at radius 3 is 2.65 bits per heavy atom. The second-order valence-electron chi connectivity index (χ2n) is 6.89. The van der Waals surface area contributed by atoms with Crippen LogP contribution in [-0.2, 0) is 4.74 Å². The third kappa shape index (κ3) is 4.27. The van der Waals surface area contributed by atoms with Crippen LogP contribution in [-0.4, -0.2) is 42.3 Å². The number of nitrogens with zero attached hydrogens (tertiary/aromatic N) is 2. The lowest BCUT2D eigenvalue weighted by Crippen LogP contribution is -2.56. The first-order chi connectivity index (χ1) is 10.7. The summed E-state index contributed by atoms with van der Waals surface area (Å²) in [6, 6.07) is 4.71. The average Bonchev–Trinajstić information content (AvgIpc) is 2.44. The molecule has 6 heteroatoms. The Bertz CT molecular complexity index is 571. The van der Waals surface area contributed by atoms with Gasteiger partial charge in [-0.05, 0) is 45.4 Å². The lowest BCUT2D eigenvalue weighted by molar-refractivity contribution is 0.0136. The highest BCUT2D eigenvalue weighted by atomic mass is 19.1. The lowest BCUT2D eigenvalue weighted by atomic mass is 10.1. The van der Waals surface area contributed by atoms with Crippen LogP contribution < -0.4 is 10.6 Å². The average molecular weight is 323 g/mol. The Labute approximate surface area is 137 Å². The molecule has 1 unspecified atom stereocenters. The van der Waals surface area contributed by atoms with Gasteiger partial charge in [0, 0.05) is 25.3 Å². The van der Waals surface area contributed by atoms with E-state index in [2.05, 4.69) is 0 Å². The van der Waals surface area contributed by atoms with E-state index in [0.29, 0.717) is 31.0 Å². The molecule has 128 valence electrons. The van der Waals surface area contributed by atoms with Crippen molar-refractivity contribution in [1.29, 1.82) is 0 Å². The number of anilines is 2. The van der Waals surface area contributed by atoms with Gasteiger partial charge in [0.05, 0.1) is 11.7 Å². The van der Waals surface area contributed by atoms with Crippen LogP contribution in [0.1, 0.15) is 34.1 Å². The molecule has 2 N–H and O–H groups in total. The molecule has 23 heavy (non-hydrogen) atoms. The third-order valence-electron chi connectivity index (χ3n) is 3.89. The van der Waals surface area contributed by atoms with Gasteiger partial charge >= 0.3 is 6.09 Å². The van der Waals surface area contributed by atoms with Crippen LogP contribution >= 0.6 is 0 Å². The predicted molar refractivity (Wildman–Crippen MR) is 90.0 cm³/mol. The Morgan fingerprint density at radius 2 is 2.09 bits per heavy atom. The maximum Gasteiger partial charge on any atom is 0.410 e. The fourth-order valence-electron chi connectivity index (χ4n) is 2.76. The summed E-state index contributed by atoms with van der Waals surface area (Å²) in [5.41, 5.74) is 6.02. The molecule has 1 heterocycles. The smallest absolute Gasteiger partial charge is 0.410 e. The van der Waals surface area contributed by atoms with Crippen molar-refractivity contribution in [2.75, 3.05) is 30.3 Å². The molecule has 0 spiro atoms.